The summed E-state index contributed by atoms with van der Waals surface area (Å²) in [5.41, 5.74) is 0. The predicted octanol–water partition coefficient (Wildman–Crippen LogP) is 0.902. The van der Waals surface area contributed by atoms with Gasteiger partial charge in [0.15, 0.2) is 0 Å². The number of thiophene rings is 1. The number of nitrogens with zero attached hydrogens (tertiary/aromatic N) is 1. The highest BCUT2D eigenvalue weighted by atomic mass is 32.2. The van der Waals surface area contributed by atoms with Crippen molar-refractivity contribution in [3.05, 3.63) is 22.4 Å². The van der Waals surface area contributed by atoms with E-state index in [2.05, 4.69) is 5.32 Å². The van der Waals surface area contributed by atoms with E-state index in [9.17, 15) is 13.2 Å². The zero-order valence-electron chi connectivity index (χ0n) is 11.4. The van der Waals surface area contributed by atoms with Crippen molar-refractivity contribution in [3.63, 3.8) is 0 Å². The summed E-state index contributed by atoms with van der Waals surface area (Å²) in [6, 6.07) is 4.11. The first-order chi connectivity index (χ1) is 8.79. The molecule has 5 nitrogen and oxygen atoms in total. The highest BCUT2D eigenvalue weighted by molar-refractivity contribution is 7.90. The summed E-state index contributed by atoms with van der Waals surface area (Å²) in [5.74, 6) is -0.335. The molecule has 1 heterocycles. The number of amides is 1. The number of nitrogens with one attached hydrogen (secondary N) is 1. The van der Waals surface area contributed by atoms with E-state index in [1.54, 1.807) is 11.3 Å². The van der Waals surface area contributed by atoms with Crippen LogP contribution in [-0.4, -0.2) is 51.9 Å². The fourth-order valence-corrected chi connectivity index (χ4v) is 3.07. The lowest BCUT2D eigenvalue weighted by atomic mass is 10.2. The number of carbonyl (C=O) groups excluding carboxylic acids is 1. The lowest BCUT2D eigenvalue weighted by molar-refractivity contribution is -0.120. The Hall–Kier alpha value is -0.920. The van der Waals surface area contributed by atoms with Gasteiger partial charge in [-0.3, -0.25) is 4.79 Å². The smallest absolute Gasteiger partial charge is 0.221 e. The summed E-state index contributed by atoms with van der Waals surface area (Å²) < 4.78 is 22.0. The van der Waals surface area contributed by atoms with Crippen molar-refractivity contribution in [2.45, 2.75) is 12.5 Å². The Kier molecular flexibility index (Phi) is 5.96. The third kappa shape index (κ3) is 6.17. The Morgan fingerprint density at radius 1 is 1.47 bits per heavy atom. The zero-order valence-corrected chi connectivity index (χ0v) is 13.1. The molecule has 7 heteroatoms. The average molecular weight is 304 g/mol. The second kappa shape index (κ2) is 7.02. The van der Waals surface area contributed by atoms with Crippen LogP contribution in [0.4, 0.5) is 0 Å². The first kappa shape index (κ1) is 16.1. The van der Waals surface area contributed by atoms with Crippen LogP contribution >= 0.6 is 11.3 Å². The highest BCUT2D eigenvalue weighted by Crippen LogP contribution is 2.22. The normalized spacial score (nSPS) is 13.5. The third-order valence-corrected chi connectivity index (χ3v) is 4.61. The van der Waals surface area contributed by atoms with E-state index in [1.807, 2.05) is 36.5 Å². The van der Waals surface area contributed by atoms with Gasteiger partial charge >= 0.3 is 0 Å². The Morgan fingerprint density at radius 3 is 2.63 bits per heavy atom. The van der Waals surface area contributed by atoms with E-state index in [1.165, 1.54) is 4.88 Å². The van der Waals surface area contributed by atoms with Crippen LogP contribution in [0, 0.1) is 0 Å². The topological polar surface area (TPSA) is 66.5 Å². The first-order valence-corrected chi connectivity index (χ1v) is 8.88. The van der Waals surface area contributed by atoms with Gasteiger partial charge in [0.05, 0.1) is 11.8 Å². The number of hydrogen-bond acceptors (Lipinski definition) is 5. The minimum Gasteiger partial charge on any atom is -0.354 e. The van der Waals surface area contributed by atoms with E-state index in [4.69, 9.17) is 0 Å². The summed E-state index contributed by atoms with van der Waals surface area (Å²) >= 11 is 1.64. The number of carbonyl (C=O) groups is 1. The Balaban J connectivity index is 2.47. The number of hydrogen-bond donors (Lipinski definition) is 1. The van der Waals surface area contributed by atoms with E-state index in [-0.39, 0.29) is 24.1 Å². The van der Waals surface area contributed by atoms with Crippen LogP contribution in [0.15, 0.2) is 17.5 Å². The van der Waals surface area contributed by atoms with Crippen molar-refractivity contribution in [1.82, 2.24) is 10.2 Å². The zero-order chi connectivity index (χ0) is 14.5. The second-order valence-electron chi connectivity index (χ2n) is 4.68. The molecule has 0 saturated heterocycles. The maximum atomic E-state index is 11.6. The van der Waals surface area contributed by atoms with Crippen LogP contribution in [0.2, 0.25) is 0 Å². The minimum absolute atomic E-state index is 0.0173. The summed E-state index contributed by atoms with van der Waals surface area (Å²) in [6.07, 6.45) is 1.15. The molecule has 0 bridgehead atoms. The summed E-state index contributed by atoms with van der Waals surface area (Å²) in [6.45, 7) is 0.482. The second-order valence-corrected chi connectivity index (χ2v) is 7.92. The van der Waals surface area contributed by atoms with Gasteiger partial charge in [0, 0.05) is 24.1 Å². The number of sulfone groups is 1. The van der Waals surface area contributed by atoms with Crippen LogP contribution in [0.3, 0.4) is 0 Å². The summed E-state index contributed by atoms with van der Waals surface area (Å²) in [5, 5.41) is 4.78. The van der Waals surface area contributed by atoms with Crippen molar-refractivity contribution in [3.8, 4) is 0 Å². The maximum Gasteiger partial charge on any atom is 0.221 e. The van der Waals surface area contributed by atoms with Crippen LogP contribution in [0.1, 0.15) is 17.3 Å². The summed E-state index contributed by atoms with van der Waals surface area (Å²) in [4.78, 5) is 14.8. The van der Waals surface area contributed by atoms with Gasteiger partial charge in [-0.2, -0.15) is 0 Å². The largest absolute Gasteiger partial charge is 0.354 e. The standard InChI is InChI=1S/C12H20N2O3S2/c1-14(2)10(11-5-4-7-18-11)9-13-12(15)6-8-19(3,16)17/h4-5,7,10H,6,8-9H2,1-3H3,(H,13,15). The van der Waals surface area contributed by atoms with Crippen molar-refractivity contribution in [1.29, 1.82) is 0 Å². The predicted molar refractivity (Wildman–Crippen MR) is 78.1 cm³/mol. The number of rotatable bonds is 7. The molecule has 108 valence electrons. The average Bonchev–Trinajstić information content (AvgIpc) is 2.78. The lowest BCUT2D eigenvalue weighted by Crippen LogP contribution is -2.34. The molecule has 0 aliphatic heterocycles. The maximum absolute atomic E-state index is 11.6. The van der Waals surface area contributed by atoms with Crippen LogP contribution in [0.25, 0.3) is 0 Å². The molecule has 1 unspecified atom stereocenters. The van der Waals surface area contributed by atoms with Crippen LogP contribution < -0.4 is 5.32 Å². The monoisotopic (exact) mass is 304 g/mol. The molecule has 1 N–H and O–H groups in total. The van der Waals surface area contributed by atoms with E-state index >= 15 is 0 Å². The molecule has 0 spiro atoms. The Labute approximate surface area is 118 Å². The SMILES string of the molecule is CN(C)C(CNC(=O)CCS(C)(=O)=O)c1cccs1. The Morgan fingerprint density at radius 2 is 2.16 bits per heavy atom. The molecule has 1 aromatic heterocycles. The minimum atomic E-state index is -3.09. The molecule has 0 aromatic carbocycles. The van der Waals surface area contributed by atoms with E-state index in [0.717, 1.165) is 6.26 Å². The molecule has 1 aromatic rings. The first-order valence-electron chi connectivity index (χ1n) is 5.94. The molecule has 19 heavy (non-hydrogen) atoms. The number of likely N-dealkylation sites (N-methyl/N-ethyl adjacent to an activating group) is 1. The van der Waals surface area contributed by atoms with Crippen molar-refractivity contribution < 1.29 is 13.2 Å². The molecular weight excluding hydrogens is 284 g/mol. The van der Waals surface area contributed by atoms with Gasteiger partial charge in [-0.15, -0.1) is 11.3 Å². The van der Waals surface area contributed by atoms with Gasteiger partial charge in [0.1, 0.15) is 9.84 Å². The molecule has 0 fully saturated rings. The van der Waals surface area contributed by atoms with Gasteiger partial charge in [-0.25, -0.2) is 8.42 Å². The lowest BCUT2D eigenvalue weighted by Gasteiger charge is -2.23. The van der Waals surface area contributed by atoms with Crippen molar-refractivity contribution in [2.24, 2.45) is 0 Å². The van der Waals surface area contributed by atoms with Gasteiger partial charge in [-0.1, -0.05) is 6.07 Å². The molecular formula is C12H20N2O3S2. The fourth-order valence-electron chi connectivity index (χ4n) is 1.60. The molecule has 0 saturated carbocycles. The summed E-state index contributed by atoms with van der Waals surface area (Å²) in [7, 11) is 0.816. The molecule has 0 aliphatic rings. The van der Waals surface area contributed by atoms with E-state index < -0.39 is 9.84 Å². The van der Waals surface area contributed by atoms with Crippen LogP contribution in [0.5, 0.6) is 0 Å². The van der Waals surface area contributed by atoms with Crippen LogP contribution in [-0.2, 0) is 14.6 Å². The van der Waals surface area contributed by atoms with E-state index in [0.29, 0.717) is 6.54 Å². The quantitative estimate of drug-likeness (QED) is 0.813. The molecule has 0 aliphatic carbocycles. The molecule has 1 rings (SSSR count). The highest BCUT2D eigenvalue weighted by Gasteiger charge is 2.16. The molecule has 0 radical (unpaired) electrons. The fraction of sp³-hybridized carbons (Fsp3) is 0.583. The molecule has 1 amide bonds. The van der Waals surface area contributed by atoms with Crippen molar-refractivity contribution >= 4 is 27.1 Å². The Bertz CT molecular complexity index is 495. The van der Waals surface area contributed by atoms with Gasteiger partial charge in [0.2, 0.25) is 5.91 Å². The van der Waals surface area contributed by atoms with Gasteiger partial charge < -0.3 is 10.2 Å². The molecule has 1 atom stereocenters. The third-order valence-electron chi connectivity index (χ3n) is 2.69. The van der Waals surface area contributed by atoms with Gasteiger partial charge in [-0.05, 0) is 25.5 Å². The van der Waals surface area contributed by atoms with Gasteiger partial charge in [0.25, 0.3) is 0 Å². The van der Waals surface area contributed by atoms with Crippen molar-refractivity contribution in [2.75, 3.05) is 32.6 Å².